The van der Waals surface area contributed by atoms with Crippen LogP contribution in [0.2, 0.25) is 0 Å². The topological polar surface area (TPSA) is 38.0 Å². The number of hydrazine groups is 1. The second-order valence-electron chi connectivity index (χ2n) is 3.29. The molecule has 2 rings (SSSR count). The van der Waals surface area contributed by atoms with E-state index in [-0.39, 0.29) is 6.04 Å². The summed E-state index contributed by atoms with van der Waals surface area (Å²) in [5.74, 6) is 5.65. The van der Waals surface area contributed by atoms with Crippen LogP contribution in [0.5, 0.6) is 0 Å². The average molecular weight is 409 g/mol. The van der Waals surface area contributed by atoms with Gasteiger partial charge in [-0.3, -0.25) is 5.84 Å². The highest BCUT2D eigenvalue weighted by Crippen LogP contribution is 2.32. The van der Waals surface area contributed by atoms with E-state index in [2.05, 4.69) is 67.5 Å². The van der Waals surface area contributed by atoms with Crippen molar-refractivity contribution in [2.24, 2.45) is 5.84 Å². The van der Waals surface area contributed by atoms with Gasteiger partial charge in [-0.2, -0.15) is 0 Å². The molecule has 0 aliphatic carbocycles. The molecule has 1 unspecified atom stereocenters. The lowest BCUT2D eigenvalue weighted by Crippen LogP contribution is -2.28. The highest BCUT2D eigenvalue weighted by atomic mass is 127. The summed E-state index contributed by atoms with van der Waals surface area (Å²) in [6.07, 6.45) is 0. The normalized spacial score (nSPS) is 12.7. The summed E-state index contributed by atoms with van der Waals surface area (Å²) >= 11 is 7.53. The molecule has 0 fully saturated rings. The minimum atomic E-state index is 0.0455. The maximum Gasteiger partial charge on any atom is 0.0814 e. The molecule has 0 saturated heterocycles. The molecule has 84 valence electrons. The zero-order chi connectivity index (χ0) is 11.5. The molecule has 3 N–H and O–H groups in total. The lowest BCUT2D eigenvalue weighted by molar-refractivity contribution is 0.644. The van der Waals surface area contributed by atoms with E-state index in [0.29, 0.717) is 0 Å². The SMILES string of the molecule is NNC(c1cccc(I)c1)c1sccc1Br. The first-order chi connectivity index (χ1) is 7.72. The van der Waals surface area contributed by atoms with Gasteiger partial charge in [-0.15, -0.1) is 11.3 Å². The molecule has 1 aromatic heterocycles. The Kier molecular flexibility index (Phi) is 4.37. The van der Waals surface area contributed by atoms with Crippen LogP contribution in [0, 0.1) is 3.57 Å². The van der Waals surface area contributed by atoms with Crippen molar-refractivity contribution >= 4 is 49.9 Å². The molecule has 0 aliphatic rings. The molecular weight excluding hydrogens is 399 g/mol. The number of hydrogen-bond donors (Lipinski definition) is 2. The Bertz CT molecular complexity index is 486. The number of halogens is 2. The molecule has 1 heterocycles. The molecule has 1 aromatic carbocycles. The third-order valence-corrected chi connectivity index (χ3v) is 4.86. The maximum absolute atomic E-state index is 5.65. The van der Waals surface area contributed by atoms with E-state index in [4.69, 9.17) is 5.84 Å². The van der Waals surface area contributed by atoms with E-state index in [1.165, 1.54) is 14.0 Å². The molecule has 0 amide bonds. The summed E-state index contributed by atoms with van der Waals surface area (Å²) in [7, 11) is 0. The molecule has 2 nitrogen and oxygen atoms in total. The van der Waals surface area contributed by atoms with Crippen molar-refractivity contribution in [1.29, 1.82) is 0 Å². The van der Waals surface area contributed by atoms with Crippen LogP contribution in [0.15, 0.2) is 40.2 Å². The van der Waals surface area contributed by atoms with Crippen molar-refractivity contribution in [3.8, 4) is 0 Å². The lowest BCUT2D eigenvalue weighted by atomic mass is 10.1. The molecular formula is C11H10BrIN2S. The minimum absolute atomic E-state index is 0.0455. The van der Waals surface area contributed by atoms with Crippen molar-refractivity contribution in [3.63, 3.8) is 0 Å². The summed E-state index contributed by atoms with van der Waals surface area (Å²) in [5.41, 5.74) is 4.04. The van der Waals surface area contributed by atoms with E-state index in [1.54, 1.807) is 11.3 Å². The lowest BCUT2D eigenvalue weighted by Gasteiger charge is -2.15. The second kappa shape index (κ2) is 5.59. The molecule has 16 heavy (non-hydrogen) atoms. The zero-order valence-corrected chi connectivity index (χ0v) is 12.8. The van der Waals surface area contributed by atoms with Crippen LogP contribution in [0.3, 0.4) is 0 Å². The van der Waals surface area contributed by atoms with E-state index in [0.717, 1.165) is 4.47 Å². The fourth-order valence-corrected chi connectivity index (χ4v) is 3.78. The second-order valence-corrected chi connectivity index (χ2v) is 6.34. The average Bonchev–Trinajstić information content (AvgIpc) is 2.67. The van der Waals surface area contributed by atoms with Gasteiger partial charge in [0.15, 0.2) is 0 Å². The van der Waals surface area contributed by atoms with Gasteiger partial charge in [-0.25, -0.2) is 5.43 Å². The quantitative estimate of drug-likeness (QED) is 0.462. The van der Waals surface area contributed by atoms with Gasteiger partial charge in [0.2, 0.25) is 0 Å². The first kappa shape index (κ1) is 12.5. The van der Waals surface area contributed by atoms with Gasteiger partial charge in [0.1, 0.15) is 0 Å². The van der Waals surface area contributed by atoms with Crippen LogP contribution in [-0.2, 0) is 0 Å². The molecule has 0 spiro atoms. The standard InChI is InChI=1S/C11H10BrIN2S/c12-9-4-5-16-11(9)10(15-14)7-2-1-3-8(13)6-7/h1-6,10,15H,14H2. The third kappa shape index (κ3) is 2.65. The molecule has 0 bridgehead atoms. The molecule has 2 aromatic rings. The molecule has 1 atom stereocenters. The fourth-order valence-electron chi connectivity index (χ4n) is 1.52. The number of nitrogens with two attached hydrogens (primary N) is 1. The van der Waals surface area contributed by atoms with E-state index in [1.807, 2.05) is 12.1 Å². The summed E-state index contributed by atoms with van der Waals surface area (Å²) in [6, 6.07) is 10.4. The number of hydrogen-bond acceptors (Lipinski definition) is 3. The molecule has 0 aliphatic heterocycles. The van der Waals surface area contributed by atoms with Crippen LogP contribution >= 0.6 is 49.9 Å². The van der Waals surface area contributed by atoms with Gasteiger partial charge in [-0.1, -0.05) is 12.1 Å². The van der Waals surface area contributed by atoms with Crippen LogP contribution < -0.4 is 11.3 Å². The minimum Gasteiger partial charge on any atom is -0.271 e. The van der Waals surface area contributed by atoms with Crippen LogP contribution in [0.4, 0.5) is 0 Å². The van der Waals surface area contributed by atoms with Crippen molar-refractivity contribution in [2.45, 2.75) is 6.04 Å². The highest BCUT2D eigenvalue weighted by molar-refractivity contribution is 14.1. The molecule has 5 heteroatoms. The largest absolute Gasteiger partial charge is 0.271 e. The summed E-state index contributed by atoms with van der Waals surface area (Å²) < 4.78 is 2.31. The van der Waals surface area contributed by atoms with E-state index >= 15 is 0 Å². The third-order valence-electron chi connectivity index (χ3n) is 2.26. The van der Waals surface area contributed by atoms with E-state index < -0.39 is 0 Å². The summed E-state index contributed by atoms with van der Waals surface area (Å²) in [6.45, 7) is 0. The van der Waals surface area contributed by atoms with Crippen LogP contribution in [-0.4, -0.2) is 0 Å². The smallest absolute Gasteiger partial charge is 0.0814 e. The van der Waals surface area contributed by atoms with E-state index in [9.17, 15) is 0 Å². The first-order valence-corrected chi connectivity index (χ1v) is 7.42. The first-order valence-electron chi connectivity index (χ1n) is 4.67. The van der Waals surface area contributed by atoms with Gasteiger partial charge in [0.25, 0.3) is 0 Å². The zero-order valence-electron chi connectivity index (χ0n) is 8.28. The number of benzene rings is 1. The van der Waals surface area contributed by atoms with Crippen molar-refractivity contribution in [3.05, 3.63) is 54.2 Å². The number of thiophene rings is 1. The monoisotopic (exact) mass is 408 g/mol. The Morgan fingerprint density at radius 3 is 2.75 bits per heavy atom. The van der Waals surface area contributed by atoms with Gasteiger partial charge in [-0.05, 0) is 67.7 Å². The summed E-state index contributed by atoms with van der Waals surface area (Å²) in [4.78, 5) is 1.20. The Morgan fingerprint density at radius 2 is 2.19 bits per heavy atom. The van der Waals surface area contributed by atoms with Crippen LogP contribution in [0.1, 0.15) is 16.5 Å². The maximum atomic E-state index is 5.65. The Labute approximate surface area is 120 Å². The van der Waals surface area contributed by atoms with Crippen molar-refractivity contribution < 1.29 is 0 Å². The van der Waals surface area contributed by atoms with Gasteiger partial charge >= 0.3 is 0 Å². The Balaban J connectivity index is 2.40. The Morgan fingerprint density at radius 1 is 1.38 bits per heavy atom. The van der Waals surface area contributed by atoms with Gasteiger partial charge < -0.3 is 0 Å². The number of nitrogens with one attached hydrogen (secondary N) is 1. The Hall–Kier alpha value is 0.0500. The number of rotatable bonds is 3. The predicted octanol–water partition coefficient (Wildman–Crippen LogP) is 3.67. The summed E-state index contributed by atoms with van der Waals surface area (Å²) in [5, 5.41) is 2.05. The van der Waals surface area contributed by atoms with Gasteiger partial charge in [0.05, 0.1) is 6.04 Å². The highest BCUT2D eigenvalue weighted by Gasteiger charge is 2.16. The fraction of sp³-hybridized carbons (Fsp3) is 0.0909. The molecule has 0 saturated carbocycles. The molecule has 0 radical (unpaired) electrons. The predicted molar refractivity (Wildman–Crippen MR) is 80.3 cm³/mol. The van der Waals surface area contributed by atoms with Crippen molar-refractivity contribution in [2.75, 3.05) is 0 Å². The van der Waals surface area contributed by atoms with Crippen molar-refractivity contribution in [1.82, 2.24) is 5.43 Å². The van der Waals surface area contributed by atoms with Gasteiger partial charge in [0, 0.05) is 12.9 Å². The van der Waals surface area contributed by atoms with Crippen LogP contribution in [0.25, 0.3) is 0 Å².